The van der Waals surface area contributed by atoms with Gasteiger partial charge in [-0.15, -0.1) is 0 Å². The molecule has 0 fully saturated rings. The molecule has 1 amide bonds. The standard InChI is InChI=1S/C15H22BrNO2/c1-3-14(4-2)17(9-10-18)15(19)11-12-5-7-13(16)8-6-12/h5-8,14,18H,3-4,9-11H2,1-2H3. The second kappa shape index (κ2) is 8.33. The van der Waals surface area contributed by atoms with E-state index >= 15 is 0 Å². The van der Waals surface area contributed by atoms with E-state index < -0.39 is 0 Å². The summed E-state index contributed by atoms with van der Waals surface area (Å²) in [6, 6.07) is 8.00. The summed E-state index contributed by atoms with van der Waals surface area (Å²) < 4.78 is 1.01. The molecule has 3 nitrogen and oxygen atoms in total. The van der Waals surface area contributed by atoms with Crippen LogP contribution in [0, 0.1) is 0 Å². The number of rotatable bonds is 7. The molecule has 1 rings (SSSR count). The lowest BCUT2D eigenvalue weighted by Gasteiger charge is -2.30. The quantitative estimate of drug-likeness (QED) is 0.836. The number of amides is 1. The summed E-state index contributed by atoms with van der Waals surface area (Å²) in [5.41, 5.74) is 1.00. The van der Waals surface area contributed by atoms with Gasteiger partial charge in [0.1, 0.15) is 0 Å². The predicted octanol–water partition coefficient (Wildman–Crippen LogP) is 3.00. The van der Waals surface area contributed by atoms with Gasteiger partial charge in [0.05, 0.1) is 13.0 Å². The molecule has 1 N–H and O–H groups in total. The fourth-order valence-corrected chi connectivity index (χ4v) is 2.49. The summed E-state index contributed by atoms with van der Waals surface area (Å²) in [6.45, 7) is 4.58. The maximum absolute atomic E-state index is 12.3. The number of hydrogen-bond donors (Lipinski definition) is 1. The van der Waals surface area contributed by atoms with Crippen LogP contribution in [0.2, 0.25) is 0 Å². The Morgan fingerprint density at radius 2 is 1.84 bits per heavy atom. The number of aliphatic hydroxyl groups is 1. The third-order valence-corrected chi connectivity index (χ3v) is 3.84. The molecule has 0 saturated carbocycles. The molecule has 1 aromatic rings. The van der Waals surface area contributed by atoms with Crippen LogP contribution in [0.15, 0.2) is 28.7 Å². The molecular formula is C15H22BrNO2. The minimum absolute atomic E-state index is 0.0164. The van der Waals surface area contributed by atoms with Gasteiger partial charge in [-0.2, -0.15) is 0 Å². The number of hydrogen-bond acceptors (Lipinski definition) is 2. The molecular weight excluding hydrogens is 306 g/mol. The minimum atomic E-state index is 0.0164. The van der Waals surface area contributed by atoms with Crippen LogP contribution < -0.4 is 0 Å². The number of halogens is 1. The molecule has 0 aliphatic rings. The lowest BCUT2D eigenvalue weighted by molar-refractivity contribution is -0.133. The van der Waals surface area contributed by atoms with E-state index in [9.17, 15) is 4.79 Å². The summed E-state index contributed by atoms with van der Waals surface area (Å²) in [5, 5.41) is 9.13. The van der Waals surface area contributed by atoms with Crippen LogP contribution in [0.1, 0.15) is 32.3 Å². The molecule has 4 heteroatoms. The van der Waals surface area contributed by atoms with Crippen molar-refractivity contribution in [3.05, 3.63) is 34.3 Å². The van der Waals surface area contributed by atoms with Crippen LogP contribution >= 0.6 is 15.9 Å². The lowest BCUT2D eigenvalue weighted by Crippen LogP contribution is -2.42. The third kappa shape index (κ3) is 4.96. The Balaban J connectivity index is 2.73. The number of aliphatic hydroxyl groups excluding tert-OH is 1. The van der Waals surface area contributed by atoms with Gasteiger partial charge in [-0.1, -0.05) is 41.9 Å². The van der Waals surface area contributed by atoms with Gasteiger partial charge >= 0.3 is 0 Å². The highest BCUT2D eigenvalue weighted by Crippen LogP contribution is 2.14. The second-order valence-corrected chi connectivity index (χ2v) is 5.50. The first kappa shape index (κ1) is 16.2. The molecule has 0 saturated heterocycles. The summed E-state index contributed by atoms with van der Waals surface area (Å²) in [5.74, 6) is 0.0880. The summed E-state index contributed by atoms with van der Waals surface area (Å²) >= 11 is 3.38. The highest BCUT2D eigenvalue weighted by atomic mass is 79.9. The first-order valence-electron chi connectivity index (χ1n) is 6.77. The van der Waals surface area contributed by atoms with Crippen molar-refractivity contribution in [3.8, 4) is 0 Å². The van der Waals surface area contributed by atoms with E-state index in [-0.39, 0.29) is 18.6 Å². The molecule has 0 aliphatic carbocycles. The van der Waals surface area contributed by atoms with E-state index in [1.807, 2.05) is 29.2 Å². The Morgan fingerprint density at radius 3 is 2.32 bits per heavy atom. The van der Waals surface area contributed by atoms with E-state index in [0.29, 0.717) is 13.0 Å². The zero-order valence-corrected chi connectivity index (χ0v) is 13.2. The molecule has 0 heterocycles. The SMILES string of the molecule is CCC(CC)N(CCO)C(=O)Cc1ccc(Br)cc1. The topological polar surface area (TPSA) is 40.5 Å². The Labute approximate surface area is 123 Å². The number of carbonyl (C=O) groups excluding carboxylic acids is 1. The average Bonchev–Trinajstić information content (AvgIpc) is 2.41. The van der Waals surface area contributed by atoms with E-state index in [1.165, 1.54) is 0 Å². The van der Waals surface area contributed by atoms with Crippen LogP contribution in [-0.2, 0) is 11.2 Å². The van der Waals surface area contributed by atoms with Crippen molar-refractivity contribution in [3.63, 3.8) is 0 Å². The predicted molar refractivity (Wildman–Crippen MR) is 81.0 cm³/mol. The summed E-state index contributed by atoms with van der Waals surface area (Å²) in [4.78, 5) is 14.2. The molecule has 0 radical (unpaired) electrons. The van der Waals surface area contributed by atoms with Crippen molar-refractivity contribution in [1.29, 1.82) is 0 Å². The monoisotopic (exact) mass is 327 g/mol. The first-order chi connectivity index (χ1) is 9.12. The fourth-order valence-electron chi connectivity index (χ4n) is 2.23. The highest BCUT2D eigenvalue weighted by Gasteiger charge is 2.20. The molecule has 0 aromatic heterocycles. The zero-order chi connectivity index (χ0) is 14.3. The number of carbonyl (C=O) groups is 1. The molecule has 0 spiro atoms. The Hall–Kier alpha value is -0.870. The second-order valence-electron chi connectivity index (χ2n) is 4.58. The lowest BCUT2D eigenvalue weighted by atomic mass is 10.1. The highest BCUT2D eigenvalue weighted by molar-refractivity contribution is 9.10. The Bertz CT molecular complexity index is 388. The van der Waals surface area contributed by atoms with Crippen molar-refractivity contribution in [2.75, 3.05) is 13.2 Å². The van der Waals surface area contributed by atoms with Gasteiger partial charge in [-0.25, -0.2) is 0 Å². The summed E-state index contributed by atoms with van der Waals surface area (Å²) in [7, 11) is 0. The molecule has 1 aromatic carbocycles. The first-order valence-corrected chi connectivity index (χ1v) is 7.56. The van der Waals surface area contributed by atoms with Gasteiger partial charge in [0, 0.05) is 17.1 Å². The van der Waals surface area contributed by atoms with E-state index in [0.717, 1.165) is 22.9 Å². The number of benzene rings is 1. The number of nitrogens with zero attached hydrogens (tertiary/aromatic N) is 1. The maximum atomic E-state index is 12.3. The largest absolute Gasteiger partial charge is 0.395 e. The normalized spacial score (nSPS) is 10.8. The van der Waals surface area contributed by atoms with Crippen LogP contribution in [0.25, 0.3) is 0 Å². The smallest absolute Gasteiger partial charge is 0.227 e. The van der Waals surface area contributed by atoms with Crippen LogP contribution in [0.3, 0.4) is 0 Å². The van der Waals surface area contributed by atoms with Crippen molar-refractivity contribution in [2.45, 2.75) is 39.2 Å². The Morgan fingerprint density at radius 1 is 1.26 bits per heavy atom. The van der Waals surface area contributed by atoms with E-state index in [2.05, 4.69) is 29.8 Å². The third-order valence-electron chi connectivity index (χ3n) is 3.31. The zero-order valence-electron chi connectivity index (χ0n) is 11.6. The molecule has 0 bridgehead atoms. The van der Waals surface area contributed by atoms with Crippen molar-refractivity contribution >= 4 is 21.8 Å². The van der Waals surface area contributed by atoms with Crippen molar-refractivity contribution in [2.24, 2.45) is 0 Å². The summed E-state index contributed by atoms with van der Waals surface area (Å²) in [6.07, 6.45) is 2.23. The van der Waals surface area contributed by atoms with Crippen molar-refractivity contribution < 1.29 is 9.90 Å². The van der Waals surface area contributed by atoms with Crippen LogP contribution in [-0.4, -0.2) is 35.1 Å². The fraction of sp³-hybridized carbons (Fsp3) is 0.533. The van der Waals surface area contributed by atoms with Gasteiger partial charge < -0.3 is 10.0 Å². The molecule has 0 atom stereocenters. The van der Waals surface area contributed by atoms with Crippen LogP contribution in [0.4, 0.5) is 0 Å². The van der Waals surface area contributed by atoms with Crippen molar-refractivity contribution in [1.82, 2.24) is 4.90 Å². The molecule has 0 aliphatic heterocycles. The van der Waals surface area contributed by atoms with E-state index in [1.54, 1.807) is 0 Å². The minimum Gasteiger partial charge on any atom is -0.395 e. The maximum Gasteiger partial charge on any atom is 0.227 e. The van der Waals surface area contributed by atoms with E-state index in [4.69, 9.17) is 5.11 Å². The van der Waals surface area contributed by atoms with Gasteiger partial charge in [-0.3, -0.25) is 4.79 Å². The van der Waals surface area contributed by atoms with Gasteiger partial charge in [0.2, 0.25) is 5.91 Å². The molecule has 19 heavy (non-hydrogen) atoms. The van der Waals surface area contributed by atoms with Gasteiger partial charge in [-0.05, 0) is 30.5 Å². The van der Waals surface area contributed by atoms with Gasteiger partial charge in [0.15, 0.2) is 0 Å². The molecule has 0 unspecified atom stereocenters. The Kier molecular flexibility index (Phi) is 7.10. The average molecular weight is 328 g/mol. The van der Waals surface area contributed by atoms with Gasteiger partial charge in [0.25, 0.3) is 0 Å². The molecule has 106 valence electrons. The van der Waals surface area contributed by atoms with Crippen LogP contribution in [0.5, 0.6) is 0 Å².